The highest BCUT2D eigenvalue weighted by Gasteiger charge is 2.46. The van der Waals surface area contributed by atoms with Crippen molar-refractivity contribution in [1.29, 1.82) is 0 Å². The Bertz CT molecular complexity index is 235. The molecule has 7 heteroatoms. The zero-order valence-electron chi connectivity index (χ0n) is 9.81. The predicted octanol–water partition coefficient (Wildman–Crippen LogP) is -1.69. The molecule has 100 valence electrons. The third-order valence-electron chi connectivity index (χ3n) is 2.60. The lowest BCUT2D eigenvalue weighted by atomic mass is 9.99. The van der Waals surface area contributed by atoms with E-state index in [9.17, 15) is 9.90 Å². The van der Waals surface area contributed by atoms with E-state index in [0.29, 0.717) is 6.29 Å². The van der Waals surface area contributed by atoms with Crippen LogP contribution in [0.3, 0.4) is 0 Å². The van der Waals surface area contributed by atoms with Crippen molar-refractivity contribution in [2.75, 3.05) is 27.4 Å². The molecule has 7 nitrogen and oxygen atoms in total. The first-order valence-corrected chi connectivity index (χ1v) is 5.26. The van der Waals surface area contributed by atoms with Gasteiger partial charge in [0, 0.05) is 14.2 Å². The number of aliphatic hydroxyl groups is 2. The van der Waals surface area contributed by atoms with Crippen LogP contribution in [0.15, 0.2) is 0 Å². The van der Waals surface area contributed by atoms with E-state index in [1.165, 1.54) is 14.2 Å². The van der Waals surface area contributed by atoms with Crippen molar-refractivity contribution in [2.24, 2.45) is 0 Å². The van der Waals surface area contributed by atoms with Crippen molar-refractivity contribution >= 4 is 6.29 Å². The van der Waals surface area contributed by atoms with Crippen LogP contribution >= 0.6 is 0 Å². The Morgan fingerprint density at radius 1 is 1.29 bits per heavy atom. The number of methoxy groups -OCH3 is 2. The first-order valence-electron chi connectivity index (χ1n) is 5.26. The lowest BCUT2D eigenvalue weighted by molar-refractivity contribution is -0.294. The number of ether oxygens (including phenoxy) is 4. The van der Waals surface area contributed by atoms with Gasteiger partial charge in [0.1, 0.15) is 24.4 Å². The summed E-state index contributed by atoms with van der Waals surface area (Å²) >= 11 is 0. The minimum Gasteiger partial charge on any atom is -0.394 e. The second-order valence-electron chi connectivity index (χ2n) is 3.59. The highest BCUT2D eigenvalue weighted by Crippen LogP contribution is 2.24. The van der Waals surface area contributed by atoms with Crippen LogP contribution < -0.4 is 0 Å². The van der Waals surface area contributed by atoms with Crippen LogP contribution in [0.1, 0.15) is 0 Å². The van der Waals surface area contributed by atoms with Gasteiger partial charge in [-0.1, -0.05) is 0 Å². The molecule has 0 aromatic heterocycles. The minimum absolute atomic E-state index is 0.0349. The molecule has 0 aliphatic carbocycles. The molecule has 2 N–H and O–H groups in total. The van der Waals surface area contributed by atoms with Gasteiger partial charge < -0.3 is 34.0 Å². The van der Waals surface area contributed by atoms with Gasteiger partial charge in [-0.2, -0.15) is 0 Å². The third-order valence-corrected chi connectivity index (χ3v) is 2.60. The summed E-state index contributed by atoms with van der Waals surface area (Å²) in [5.74, 6) is 0. The third kappa shape index (κ3) is 3.21. The summed E-state index contributed by atoms with van der Waals surface area (Å²) in [7, 11) is 2.74. The van der Waals surface area contributed by atoms with Crippen LogP contribution in [0.5, 0.6) is 0 Å². The van der Waals surface area contributed by atoms with Crippen LogP contribution in [-0.4, -0.2) is 74.6 Å². The van der Waals surface area contributed by atoms with E-state index >= 15 is 0 Å². The molecular weight excluding hydrogens is 232 g/mol. The summed E-state index contributed by atoms with van der Waals surface area (Å²) in [6, 6.07) is 0. The number of hydrogen-bond acceptors (Lipinski definition) is 7. The van der Waals surface area contributed by atoms with Gasteiger partial charge in [-0.15, -0.1) is 0 Å². The lowest BCUT2D eigenvalue weighted by Crippen LogP contribution is -2.60. The van der Waals surface area contributed by atoms with E-state index in [-0.39, 0.29) is 13.2 Å². The number of carbonyl (C=O) groups is 1. The Kier molecular flexibility index (Phi) is 5.96. The topological polar surface area (TPSA) is 94.5 Å². The van der Waals surface area contributed by atoms with Gasteiger partial charge in [0.05, 0.1) is 13.2 Å². The number of rotatable bonds is 6. The fourth-order valence-corrected chi connectivity index (χ4v) is 1.79. The fraction of sp³-hybridized carbons (Fsp3) is 0.900. The largest absolute Gasteiger partial charge is 0.394 e. The molecule has 0 aromatic rings. The number of aldehydes is 1. The van der Waals surface area contributed by atoms with Crippen LogP contribution in [0, 0.1) is 0 Å². The maximum Gasteiger partial charge on any atom is 0.187 e. The maximum absolute atomic E-state index is 10.8. The highest BCUT2D eigenvalue weighted by atomic mass is 16.7. The average molecular weight is 250 g/mol. The van der Waals surface area contributed by atoms with Gasteiger partial charge in [-0.05, 0) is 0 Å². The smallest absolute Gasteiger partial charge is 0.187 e. The van der Waals surface area contributed by atoms with Crippen molar-refractivity contribution in [1.82, 2.24) is 0 Å². The van der Waals surface area contributed by atoms with Gasteiger partial charge in [-0.3, -0.25) is 0 Å². The molecule has 1 aliphatic rings. The van der Waals surface area contributed by atoms with Gasteiger partial charge in [0.25, 0.3) is 0 Å². The molecule has 17 heavy (non-hydrogen) atoms. The summed E-state index contributed by atoms with van der Waals surface area (Å²) in [5, 5.41) is 18.7. The SMILES string of the molecule is COC1OC(C=O)C(OC)C(O)C1OCCO. The highest BCUT2D eigenvalue weighted by molar-refractivity contribution is 5.57. The van der Waals surface area contributed by atoms with Gasteiger partial charge in [-0.25, -0.2) is 0 Å². The molecule has 0 spiro atoms. The van der Waals surface area contributed by atoms with E-state index in [2.05, 4.69) is 0 Å². The van der Waals surface area contributed by atoms with Gasteiger partial charge in [0.2, 0.25) is 0 Å². The van der Waals surface area contributed by atoms with Crippen LogP contribution in [0.25, 0.3) is 0 Å². The Labute approximate surface area is 99.2 Å². The second kappa shape index (κ2) is 7.00. The van der Waals surface area contributed by atoms with Crippen molar-refractivity contribution < 1.29 is 34.0 Å². The maximum atomic E-state index is 10.8. The van der Waals surface area contributed by atoms with Crippen LogP contribution in [-0.2, 0) is 23.7 Å². The molecule has 5 atom stereocenters. The molecule has 1 fully saturated rings. The average Bonchev–Trinajstić information content (AvgIpc) is 2.36. The molecule has 5 unspecified atom stereocenters. The summed E-state index contributed by atoms with van der Waals surface area (Å²) in [5.41, 5.74) is 0. The zero-order chi connectivity index (χ0) is 12.8. The predicted molar refractivity (Wildman–Crippen MR) is 55.4 cm³/mol. The number of hydrogen-bond donors (Lipinski definition) is 2. The van der Waals surface area contributed by atoms with Crippen molar-refractivity contribution in [3.63, 3.8) is 0 Å². The molecular formula is C10H18O7. The molecule has 1 saturated heterocycles. The Morgan fingerprint density at radius 3 is 2.47 bits per heavy atom. The quantitative estimate of drug-likeness (QED) is 0.543. The minimum atomic E-state index is -1.07. The lowest BCUT2D eigenvalue weighted by Gasteiger charge is -2.41. The molecule has 0 radical (unpaired) electrons. The number of aliphatic hydroxyl groups excluding tert-OH is 2. The van der Waals surface area contributed by atoms with Crippen LogP contribution in [0.2, 0.25) is 0 Å². The summed E-state index contributed by atoms with van der Waals surface area (Å²) in [6.45, 7) is -0.151. The van der Waals surface area contributed by atoms with Crippen molar-refractivity contribution in [2.45, 2.75) is 30.7 Å². The Morgan fingerprint density at radius 2 is 2.00 bits per heavy atom. The Hall–Kier alpha value is -0.570. The van der Waals surface area contributed by atoms with E-state index in [0.717, 1.165) is 0 Å². The van der Waals surface area contributed by atoms with Crippen molar-refractivity contribution in [3.8, 4) is 0 Å². The van der Waals surface area contributed by atoms with E-state index in [1.54, 1.807) is 0 Å². The van der Waals surface area contributed by atoms with E-state index < -0.39 is 30.7 Å². The molecule has 0 amide bonds. The molecule has 0 saturated carbocycles. The second-order valence-corrected chi connectivity index (χ2v) is 3.59. The van der Waals surface area contributed by atoms with Gasteiger partial charge >= 0.3 is 0 Å². The number of carbonyl (C=O) groups excluding carboxylic acids is 1. The van der Waals surface area contributed by atoms with Gasteiger partial charge in [0.15, 0.2) is 12.6 Å². The van der Waals surface area contributed by atoms with Crippen molar-refractivity contribution in [3.05, 3.63) is 0 Å². The van der Waals surface area contributed by atoms with E-state index in [4.69, 9.17) is 24.1 Å². The standard InChI is InChI=1S/C10H18O7/c1-14-8-6(5-12)17-10(15-2)9(7(8)13)16-4-3-11/h5-11,13H,3-4H2,1-2H3. The molecule has 0 aromatic carbocycles. The zero-order valence-corrected chi connectivity index (χ0v) is 9.81. The fourth-order valence-electron chi connectivity index (χ4n) is 1.79. The first-order chi connectivity index (χ1) is 8.19. The molecule has 0 bridgehead atoms. The summed E-state index contributed by atoms with van der Waals surface area (Å²) in [6.07, 6.45) is -3.94. The first kappa shape index (κ1) is 14.5. The molecule has 1 aliphatic heterocycles. The summed E-state index contributed by atoms with van der Waals surface area (Å²) in [4.78, 5) is 10.8. The molecule has 1 heterocycles. The van der Waals surface area contributed by atoms with Crippen LogP contribution in [0.4, 0.5) is 0 Å². The summed E-state index contributed by atoms with van der Waals surface area (Å²) < 4.78 is 20.5. The molecule has 1 rings (SSSR count). The monoisotopic (exact) mass is 250 g/mol. The Balaban J connectivity index is 2.76. The normalized spacial score (nSPS) is 38.0. The van der Waals surface area contributed by atoms with E-state index in [1.807, 2.05) is 0 Å².